The summed E-state index contributed by atoms with van der Waals surface area (Å²) in [4.78, 5) is 15.5. The molecule has 2 aromatic carbocycles. The van der Waals surface area contributed by atoms with Gasteiger partial charge in [-0.1, -0.05) is 18.2 Å². The summed E-state index contributed by atoms with van der Waals surface area (Å²) >= 11 is 0. The highest BCUT2D eigenvalue weighted by atomic mass is 19.1. The van der Waals surface area contributed by atoms with Crippen molar-refractivity contribution < 1.29 is 8.81 Å². The highest BCUT2D eigenvalue weighted by molar-refractivity contribution is 5.83. The molecule has 4 nitrogen and oxygen atoms in total. The van der Waals surface area contributed by atoms with Crippen LogP contribution in [0.4, 0.5) is 10.4 Å². The fraction of sp³-hybridized carbons (Fsp3) is 0. The van der Waals surface area contributed by atoms with Crippen molar-refractivity contribution in [2.75, 3.05) is 5.73 Å². The van der Waals surface area contributed by atoms with Gasteiger partial charge in [0.25, 0.3) is 6.01 Å². The molecule has 1 aromatic heterocycles. The molecule has 3 aromatic rings. The predicted octanol–water partition coefficient (Wildman–Crippen LogP) is 2.58. The summed E-state index contributed by atoms with van der Waals surface area (Å²) in [5.74, 6) is -0.322. The molecule has 0 saturated carbocycles. The maximum atomic E-state index is 13.2. The van der Waals surface area contributed by atoms with Crippen LogP contribution in [-0.2, 0) is 0 Å². The topological polar surface area (TPSA) is 69.1 Å². The number of hydrogen-bond donors (Lipinski definition) is 1. The van der Waals surface area contributed by atoms with E-state index in [1.165, 1.54) is 12.1 Å². The van der Waals surface area contributed by atoms with Crippen molar-refractivity contribution in [1.29, 1.82) is 0 Å². The Kier molecular flexibility index (Phi) is 2.52. The highest BCUT2D eigenvalue weighted by Crippen LogP contribution is 2.23. The van der Waals surface area contributed by atoms with E-state index in [1.54, 1.807) is 30.3 Å². The molecule has 0 spiro atoms. The minimum atomic E-state index is -0.534. The van der Waals surface area contributed by atoms with Gasteiger partial charge in [-0.05, 0) is 35.4 Å². The van der Waals surface area contributed by atoms with Crippen molar-refractivity contribution in [1.82, 2.24) is 4.98 Å². The molecule has 0 aliphatic carbocycles. The van der Waals surface area contributed by atoms with E-state index in [2.05, 4.69) is 4.98 Å². The molecule has 19 heavy (non-hydrogen) atoms. The normalized spacial score (nSPS) is 10.8. The minimum Gasteiger partial charge on any atom is -0.389 e. The van der Waals surface area contributed by atoms with E-state index in [1.807, 2.05) is 0 Å². The third kappa shape index (κ3) is 2.06. The van der Waals surface area contributed by atoms with Crippen LogP contribution in [0, 0.1) is 5.82 Å². The fourth-order valence-electron chi connectivity index (χ4n) is 1.94. The summed E-state index contributed by atoms with van der Waals surface area (Å²) in [6.07, 6.45) is 0. The van der Waals surface area contributed by atoms with E-state index in [-0.39, 0.29) is 11.8 Å². The maximum absolute atomic E-state index is 13.2. The van der Waals surface area contributed by atoms with E-state index in [0.29, 0.717) is 16.5 Å². The Balaban J connectivity index is 2.24. The maximum Gasteiger partial charge on any atom is 0.348 e. The monoisotopic (exact) mass is 256 g/mol. The predicted molar refractivity (Wildman–Crippen MR) is 70.1 cm³/mol. The van der Waals surface area contributed by atoms with Crippen LogP contribution in [0.1, 0.15) is 0 Å². The first-order valence-corrected chi connectivity index (χ1v) is 5.60. The zero-order valence-corrected chi connectivity index (χ0v) is 9.76. The van der Waals surface area contributed by atoms with Crippen LogP contribution in [0.15, 0.2) is 51.7 Å². The Bertz CT molecular complexity index is 827. The van der Waals surface area contributed by atoms with Gasteiger partial charge in [-0.2, -0.15) is 4.98 Å². The Morgan fingerprint density at radius 3 is 2.68 bits per heavy atom. The van der Waals surface area contributed by atoms with Crippen LogP contribution in [0.25, 0.3) is 22.0 Å². The van der Waals surface area contributed by atoms with Crippen molar-refractivity contribution in [2.24, 2.45) is 0 Å². The molecule has 0 fully saturated rings. The van der Waals surface area contributed by atoms with Gasteiger partial charge in [0.15, 0.2) is 0 Å². The number of rotatable bonds is 1. The van der Waals surface area contributed by atoms with Crippen molar-refractivity contribution in [3.05, 3.63) is 58.7 Å². The van der Waals surface area contributed by atoms with Gasteiger partial charge in [0.1, 0.15) is 5.82 Å². The molecular weight excluding hydrogens is 247 g/mol. The number of nitrogen functional groups attached to an aromatic ring is 1. The van der Waals surface area contributed by atoms with Crippen LogP contribution in [0.3, 0.4) is 0 Å². The third-order valence-electron chi connectivity index (χ3n) is 2.80. The molecule has 0 aliphatic rings. The van der Waals surface area contributed by atoms with Gasteiger partial charge in [-0.15, -0.1) is 0 Å². The van der Waals surface area contributed by atoms with Crippen LogP contribution in [0.2, 0.25) is 0 Å². The first-order chi connectivity index (χ1) is 9.13. The molecule has 0 radical (unpaired) electrons. The molecule has 0 bridgehead atoms. The van der Waals surface area contributed by atoms with Gasteiger partial charge in [0.2, 0.25) is 0 Å². The van der Waals surface area contributed by atoms with Crippen molar-refractivity contribution in [2.45, 2.75) is 0 Å². The van der Waals surface area contributed by atoms with Crippen molar-refractivity contribution in [3.63, 3.8) is 0 Å². The summed E-state index contributed by atoms with van der Waals surface area (Å²) in [5, 5.41) is 0.342. The minimum absolute atomic E-state index is 0.186. The SMILES string of the molecule is Nc1nc2cc(-c3cccc(F)c3)ccc2c(=O)o1. The lowest BCUT2D eigenvalue weighted by Gasteiger charge is -2.03. The van der Waals surface area contributed by atoms with Crippen LogP contribution in [-0.4, -0.2) is 4.98 Å². The number of benzene rings is 2. The second kappa shape index (κ2) is 4.20. The van der Waals surface area contributed by atoms with Gasteiger partial charge in [0.05, 0.1) is 10.9 Å². The molecule has 2 N–H and O–H groups in total. The molecule has 0 amide bonds. The lowest BCUT2D eigenvalue weighted by Crippen LogP contribution is -2.04. The van der Waals surface area contributed by atoms with Gasteiger partial charge in [-0.25, -0.2) is 9.18 Å². The number of nitrogens with zero attached hydrogens (tertiary/aromatic N) is 1. The van der Waals surface area contributed by atoms with E-state index in [9.17, 15) is 9.18 Å². The number of nitrogens with two attached hydrogens (primary N) is 1. The van der Waals surface area contributed by atoms with Crippen LogP contribution >= 0.6 is 0 Å². The summed E-state index contributed by atoms with van der Waals surface area (Å²) in [6, 6.07) is 11.0. The first-order valence-electron chi connectivity index (χ1n) is 5.60. The van der Waals surface area contributed by atoms with Gasteiger partial charge < -0.3 is 10.2 Å². The van der Waals surface area contributed by atoms with Crippen LogP contribution < -0.4 is 11.4 Å². The largest absolute Gasteiger partial charge is 0.389 e. The lowest BCUT2D eigenvalue weighted by atomic mass is 10.0. The van der Waals surface area contributed by atoms with Gasteiger partial charge >= 0.3 is 5.63 Å². The quantitative estimate of drug-likeness (QED) is 0.726. The van der Waals surface area contributed by atoms with Gasteiger partial charge in [-0.3, -0.25) is 0 Å². The average molecular weight is 256 g/mol. The molecule has 0 atom stereocenters. The Labute approximate surface area is 107 Å². The molecular formula is C14H9FN2O2. The summed E-state index contributed by atoms with van der Waals surface area (Å²) in [7, 11) is 0. The smallest absolute Gasteiger partial charge is 0.348 e. The molecule has 3 rings (SSSR count). The Morgan fingerprint density at radius 2 is 1.89 bits per heavy atom. The lowest BCUT2D eigenvalue weighted by molar-refractivity contribution is 0.524. The fourth-order valence-corrected chi connectivity index (χ4v) is 1.94. The number of aromatic nitrogens is 1. The highest BCUT2D eigenvalue weighted by Gasteiger charge is 2.06. The van der Waals surface area contributed by atoms with E-state index in [4.69, 9.17) is 10.2 Å². The van der Waals surface area contributed by atoms with Crippen molar-refractivity contribution >= 4 is 16.9 Å². The van der Waals surface area contributed by atoms with Crippen LogP contribution in [0.5, 0.6) is 0 Å². The molecule has 0 aliphatic heterocycles. The third-order valence-corrected chi connectivity index (χ3v) is 2.80. The number of hydrogen-bond acceptors (Lipinski definition) is 4. The summed E-state index contributed by atoms with van der Waals surface area (Å²) < 4.78 is 17.9. The zero-order valence-electron chi connectivity index (χ0n) is 9.76. The molecule has 5 heteroatoms. The molecule has 0 saturated heterocycles. The second-order valence-corrected chi connectivity index (χ2v) is 4.08. The van der Waals surface area contributed by atoms with E-state index in [0.717, 1.165) is 5.56 Å². The average Bonchev–Trinajstić information content (AvgIpc) is 2.37. The Morgan fingerprint density at radius 1 is 1.11 bits per heavy atom. The standard InChI is InChI=1S/C14H9FN2O2/c15-10-3-1-2-8(6-10)9-4-5-11-12(7-9)17-14(16)19-13(11)18/h1-7H,(H2,16,17). The summed E-state index contributed by atoms with van der Waals surface area (Å²) in [6.45, 7) is 0. The molecule has 1 heterocycles. The number of halogens is 1. The number of anilines is 1. The Hall–Kier alpha value is -2.69. The van der Waals surface area contributed by atoms with E-state index >= 15 is 0 Å². The van der Waals surface area contributed by atoms with Crippen molar-refractivity contribution in [3.8, 4) is 11.1 Å². The molecule has 0 unspecified atom stereocenters. The second-order valence-electron chi connectivity index (χ2n) is 4.08. The molecule has 94 valence electrons. The van der Waals surface area contributed by atoms with Gasteiger partial charge in [0, 0.05) is 0 Å². The number of fused-ring (bicyclic) bond motifs is 1. The van der Waals surface area contributed by atoms with E-state index < -0.39 is 5.63 Å². The first kappa shape index (κ1) is 11.4. The summed E-state index contributed by atoms with van der Waals surface area (Å²) in [5.41, 5.74) is 6.75. The zero-order chi connectivity index (χ0) is 13.4.